The van der Waals surface area contributed by atoms with Gasteiger partial charge in [-0.05, 0) is 61.0 Å². The van der Waals surface area contributed by atoms with Crippen molar-refractivity contribution in [3.8, 4) is 23.0 Å². The Labute approximate surface area is 197 Å². The highest BCUT2D eigenvalue weighted by Gasteiger charge is 2.28. The maximum Gasteiger partial charge on any atom is 0.231 e. The van der Waals surface area contributed by atoms with Gasteiger partial charge in [0.15, 0.2) is 5.76 Å². The number of hydrogen-bond donors (Lipinski definition) is 0. The topological polar surface area (TPSA) is 58.9 Å². The van der Waals surface area contributed by atoms with Crippen LogP contribution in [0.1, 0.15) is 28.4 Å². The zero-order chi connectivity index (χ0) is 23.7. The lowest BCUT2D eigenvalue weighted by Gasteiger charge is -2.08. The molecule has 6 heteroatoms. The lowest BCUT2D eigenvalue weighted by Crippen LogP contribution is -1.98. The first-order chi connectivity index (χ1) is 16.6. The van der Waals surface area contributed by atoms with Gasteiger partial charge in [0.05, 0.1) is 19.8 Å². The van der Waals surface area contributed by atoms with E-state index in [2.05, 4.69) is 11.5 Å². The van der Waals surface area contributed by atoms with Gasteiger partial charge in [-0.1, -0.05) is 12.1 Å². The van der Waals surface area contributed by atoms with Gasteiger partial charge in [-0.15, -0.1) is 0 Å². The molecular weight excluding hydrogens is 430 g/mol. The smallest absolute Gasteiger partial charge is 0.231 e. The Morgan fingerprint density at radius 3 is 2.38 bits per heavy atom. The largest absolute Gasteiger partial charge is 0.497 e. The molecule has 4 aromatic rings. The van der Waals surface area contributed by atoms with Gasteiger partial charge in [0.25, 0.3) is 0 Å². The number of carbonyl (C=O) groups is 1. The fourth-order valence-corrected chi connectivity index (χ4v) is 4.09. The zero-order valence-electron chi connectivity index (χ0n) is 19.3. The summed E-state index contributed by atoms with van der Waals surface area (Å²) < 4.78 is 24.6. The van der Waals surface area contributed by atoms with E-state index >= 15 is 0 Å². The molecule has 0 saturated carbocycles. The second-order valence-corrected chi connectivity index (χ2v) is 7.99. The van der Waals surface area contributed by atoms with Gasteiger partial charge in [0, 0.05) is 35.3 Å². The van der Waals surface area contributed by atoms with Gasteiger partial charge in [0.2, 0.25) is 5.78 Å². The van der Waals surface area contributed by atoms with E-state index < -0.39 is 0 Å². The number of rotatable bonds is 7. The molecule has 0 spiro atoms. The highest BCUT2D eigenvalue weighted by atomic mass is 16.5. The highest BCUT2D eigenvalue weighted by molar-refractivity contribution is 6.15. The van der Waals surface area contributed by atoms with Gasteiger partial charge in [-0.2, -0.15) is 0 Å². The average Bonchev–Trinajstić information content (AvgIpc) is 3.39. The van der Waals surface area contributed by atoms with E-state index in [0.29, 0.717) is 29.4 Å². The van der Waals surface area contributed by atoms with Crippen molar-refractivity contribution in [1.29, 1.82) is 0 Å². The Morgan fingerprint density at radius 1 is 0.912 bits per heavy atom. The molecule has 2 heterocycles. The van der Waals surface area contributed by atoms with Crippen LogP contribution in [0.5, 0.6) is 23.0 Å². The number of nitrogens with zero attached hydrogens (tertiary/aromatic N) is 1. The number of allylic oxidation sites excluding steroid dienone is 1. The molecule has 5 rings (SSSR count). The van der Waals surface area contributed by atoms with Crippen molar-refractivity contribution in [2.45, 2.75) is 20.1 Å². The minimum atomic E-state index is -0.142. The van der Waals surface area contributed by atoms with Crippen LogP contribution >= 0.6 is 0 Å². The lowest BCUT2D eigenvalue weighted by atomic mass is 10.1. The maximum atomic E-state index is 13.0. The van der Waals surface area contributed by atoms with E-state index in [1.807, 2.05) is 48.7 Å². The number of aromatic nitrogens is 1. The van der Waals surface area contributed by atoms with E-state index in [9.17, 15) is 4.79 Å². The van der Waals surface area contributed by atoms with Crippen molar-refractivity contribution in [2.24, 2.45) is 0 Å². The lowest BCUT2D eigenvalue weighted by molar-refractivity contribution is 0.101. The van der Waals surface area contributed by atoms with Crippen LogP contribution < -0.4 is 18.9 Å². The van der Waals surface area contributed by atoms with E-state index in [1.54, 1.807) is 38.5 Å². The number of methoxy groups -OCH3 is 2. The summed E-state index contributed by atoms with van der Waals surface area (Å²) in [5, 5.41) is 1.00. The van der Waals surface area contributed by atoms with Crippen LogP contribution in [0.4, 0.5) is 0 Å². The van der Waals surface area contributed by atoms with E-state index in [0.717, 1.165) is 40.1 Å². The van der Waals surface area contributed by atoms with Crippen molar-refractivity contribution >= 4 is 22.8 Å². The van der Waals surface area contributed by atoms with Crippen LogP contribution in [0.2, 0.25) is 0 Å². The van der Waals surface area contributed by atoms with Crippen LogP contribution in [0.15, 0.2) is 72.6 Å². The molecule has 6 nitrogen and oxygen atoms in total. The number of hydrogen-bond acceptors (Lipinski definition) is 5. The molecule has 0 aliphatic carbocycles. The van der Waals surface area contributed by atoms with Crippen LogP contribution in [-0.2, 0) is 13.2 Å². The number of ether oxygens (including phenoxy) is 4. The normalized spacial score (nSPS) is 13.7. The first-order valence-corrected chi connectivity index (χ1v) is 11.1. The third-order valence-electron chi connectivity index (χ3n) is 5.95. The number of ketones is 1. The number of Topliss-reactive ketones (excluding diaryl/α,β-unsaturated/α-hetero) is 1. The molecule has 0 saturated heterocycles. The molecular formula is C28H25NO5. The summed E-state index contributed by atoms with van der Waals surface area (Å²) >= 11 is 0. The SMILES string of the molecule is CCn1cc(/C=C2/Oc3cc(OCc4ccc(OC)cc4)ccc3C2=O)c2cc(OC)ccc21. The fraction of sp³-hybridized carbons (Fsp3) is 0.179. The predicted octanol–water partition coefficient (Wildman–Crippen LogP) is 5.87. The van der Waals surface area contributed by atoms with Crippen molar-refractivity contribution in [2.75, 3.05) is 14.2 Å². The third-order valence-corrected chi connectivity index (χ3v) is 5.95. The third kappa shape index (κ3) is 3.99. The summed E-state index contributed by atoms with van der Waals surface area (Å²) in [5.74, 6) is 2.85. The molecule has 3 aromatic carbocycles. The number of fused-ring (bicyclic) bond motifs is 2. The van der Waals surface area contributed by atoms with E-state index in [1.165, 1.54) is 0 Å². The molecule has 0 unspecified atom stereocenters. The minimum Gasteiger partial charge on any atom is -0.497 e. The van der Waals surface area contributed by atoms with Gasteiger partial charge < -0.3 is 23.5 Å². The number of carbonyl (C=O) groups excluding carboxylic acids is 1. The first kappa shape index (κ1) is 21.6. The summed E-state index contributed by atoms with van der Waals surface area (Å²) in [6.07, 6.45) is 3.83. The summed E-state index contributed by atoms with van der Waals surface area (Å²) in [7, 11) is 3.28. The monoisotopic (exact) mass is 455 g/mol. The summed E-state index contributed by atoms with van der Waals surface area (Å²) in [5.41, 5.74) is 3.52. The summed E-state index contributed by atoms with van der Waals surface area (Å²) in [6.45, 7) is 3.30. The van der Waals surface area contributed by atoms with E-state index in [4.69, 9.17) is 18.9 Å². The summed E-state index contributed by atoms with van der Waals surface area (Å²) in [4.78, 5) is 13.0. The molecule has 0 radical (unpaired) electrons. The molecule has 1 aromatic heterocycles. The molecule has 0 bridgehead atoms. The number of benzene rings is 3. The predicted molar refractivity (Wildman–Crippen MR) is 131 cm³/mol. The molecule has 1 aliphatic rings. The van der Waals surface area contributed by atoms with Crippen LogP contribution in [0.25, 0.3) is 17.0 Å². The molecule has 0 N–H and O–H groups in total. The highest BCUT2D eigenvalue weighted by Crippen LogP contribution is 2.36. The van der Waals surface area contributed by atoms with Crippen molar-refractivity contribution < 1.29 is 23.7 Å². The standard InChI is InChI=1S/C28H25NO5/c1-4-29-16-19(24-14-21(32-3)10-12-25(24)29)13-27-28(30)23-11-9-22(15-26(23)34-27)33-17-18-5-7-20(31-2)8-6-18/h5-16H,4,17H2,1-3H3/b27-13+. The van der Waals surface area contributed by atoms with Crippen LogP contribution in [-0.4, -0.2) is 24.6 Å². The van der Waals surface area contributed by atoms with Crippen LogP contribution in [0, 0.1) is 0 Å². The Balaban J connectivity index is 1.39. The Bertz CT molecular complexity index is 1400. The fourth-order valence-electron chi connectivity index (χ4n) is 4.09. The Morgan fingerprint density at radius 2 is 1.65 bits per heavy atom. The second-order valence-electron chi connectivity index (χ2n) is 7.99. The molecule has 0 fully saturated rings. The average molecular weight is 456 g/mol. The van der Waals surface area contributed by atoms with Crippen molar-refractivity contribution in [3.63, 3.8) is 0 Å². The summed E-state index contributed by atoms with van der Waals surface area (Å²) in [6, 6.07) is 18.9. The molecule has 0 amide bonds. The molecule has 172 valence electrons. The minimum absolute atomic E-state index is 0.142. The Hall–Kier alpha value is -4.19. The Kier molecular flexibility index (Phi) is 5.72. The van der Waals surface area contributed by atoms with Crippen molar-refractivity contribution in [3.05, 3.63) is 89.3 Å². The van der Waals surface area contributed by atoms with Crippen molar-refractivity contribution in [1.82, 2.24) is 4.57 Å². The first-order valence-electron chi connectivity index (χ1n) is 11.1. The second kappa shape index (κ2) is 8.98. The van der Waals surface area contributed by atoms with E-state index in [-0.39, 0.29) is 5.78 Å². The van der Waals surface area contributed by atoms with Gasteiger partial charge in [-0.3, -0.25) is 4.79 Å². The van der Waals surface area contributed by atoms with Gasteiger partial charge in [0.1, 0.15) is 29.6 Å². The zero-order valence-corrected chi connectivity index (χ0v) is 19.3. The molecule has 34 heavy (non-hydrogen) atoms. The van der Waals surface area contributed by atoms with Gasteiger partial charge >= 0.3 is 0 Å². The molecule has 0 atom stereocenters. The quantitative estimate of drug-likeness (QED) is 0.326. The number of aryl methyl sites for hydroxylation is 1. The molecule has 1 aliphatic heterocycles. The van der Waals surface area contributed by atoms with Gasteiger partial charge in [-0.25, -0.2) is 0 Å². The maximum absolute atomic E-state index is 13.0. The van der Waals surface area contributed by atoms with Crippen LogP contribution in [0.3, 0.4) is 0 Å².